The van der Waals surface area contributed by atoms with Crippen LogP contribution >= 0.6 is 23.1 Å². The van der Waals surface area contributed by atoms with E-state index in [1.807, 2.05) is 30.5 Å². The van der Waals surface area contributed by atoms with E-state index >= 15 is 0 Å². The Kier molecular flexibility index (Phi) is 3.53. The Labute approximate surface area is 103 Å². The number of nitrogens with zero attached hydrogens (tertiary/aromatic N) is 2. The van der Waals surface area contributed by atoms with Crippen LogP contribution in [0.5, 0.6) is 0 Å². The van der Waals surface area contributed by atoms with E-state index in [1.54, 1.807) is 0 Å². The van der Waals surface area contributed by atoms with Gasteiger partial charge < -0.3 is 5.73 Å². The van der Waals surface area contributed by atoms with Crippen LogP contribution in [0.2, 0.25) is 5.02 Å². The quantitative estimate of drug-likeness (QED) is 0.915. The lowest BCUT2D eigenvalue weighted by Crippen LogP contribution is -2.14. The van der Waals surface area contributed by atoms with Gasteiger partial charge in [0.15, 0.2) is 0 Å². The third-order valence-corrected chi connectivity index (χ3v) is 3.28. The molecule has 5 heteroatoms. The van der Waals surface area contributed by atoms with Gasteiger partial charge in [-0.1, -0.05) is 28.2 Å². The minimum absolute atomic E-state index is 0.140. The molecule has 0 radical (unpaired) electrons. The maximum Gasteiger partial charge on any atom is 0.0925 e. The molecule has 0 aliphatic heterocycles. The summed E-state index contributed by atoms with van der Waals surface area (Å²) in [7, 11) is 0. The van der Waals surface area contributed by atoms with Crippen LogP contribution in [0.25, 0.3) is 0 Å². The number of hydrogen-bond acceptors (Lipinski definition) is 4. The van der Waals surface area contributed by atoms with E-state index in [2.05, 4.69) is 9.59 Å². The second-order valence-electron chi connectivity index (χ2n) is 3.74. The third kappa shape index (κ3) is 2.58. The van der Waals surface area contributed by atoms with Crippen molar-refractivity contribution >= 4 is 23.1 Å². The lowest BCUT2D eigenvalue weighted by atomic mass is 10.0. The van der Waals surface area contributed by atoms with Gasteiger partial charge in [-0.05, 0) is 42.1 Å². The molecule has 0 amide bonds. The number of aryl methyl sites for hydroxylation is 1. The van der Waals surface area contributed by atoms with Crippen molar-refractivity contribution in [3.05, 3.63) is 45.4 Å². The van der Waals surface area contributed by atoms with Gasteiger partial charge in [-0.15, -0.1) is 5.10 Å². The smallest absolute Gasteiger partial charge is 0.0925 e. The van der Waals surface area contributed by atoms with Crippen LogP contribution < -0.4 is 5.73 Å². The van der Waals surface area contributed by atoms with E-state index in [0.717, 1.165) is 21.8 Å². The summed E-state index contributed by atoms with van der Waals surface area (Å²) >= 11 is 7.46. The first-order valence-corrected chi connectivity index (χ1v) is 6.16. The van der Waals surface area contributed by atoms with E-state index in [-0.39, 0.29) is 6.04 Å². The van der Waals surface area contributed by atoms with E-state index in [4.69, 9.17) is 17.3 Å². The molecule has 0 bridgehead atoms. The third-order valence-electron chi connectivity index (χ3n) is 2.41. The average molecular weight is 254 g/mol. The summed E-state index contributed by atoms with van der Waals surface area (Å²) < 4.78 is 3.80. The zero-order valence-electron chi connectivity index (χ0n) is 8.85. The molecule has 0 saturated heterocycles. The maximum atomic E-state index is 6.15. The number of benzene rings is 1. The van der Waals surface area contributed by atoms with Gasteiger partial charge in [-0.2, -0.15) is 0 Å². The Hall–Kier alpha value is -0.970. The first kappa shape index (κ1) is 11.5. The molecule has 0 fully saturated rings. The van der Waals surface area contributed by atoms with Crippen molar-refractivity contribution in [1.82, 2.24) is 9.59 Å². The van der Waals surface area contributed by atoms with Crippen molar-refractivity contribution < 1.29 is 0 Å². The topological polar surface area (TPSA) is 51.8 Å². The molecule has 84 valence electrons. The van der Waals surface area contributed by atoms with Crippen molar-refractivity contribution in [1.29, 1.82) is 0 Å². The lowest BCUT2D eigenvalue weighted by molar-refractivity contribution is 0.692. The molecule has 1 heterocycles. The van der Waals surface area contributed by atoms with Gasteiger partial charge in [-0.3, -0.25) is 0 Å². The van der Waals surface area contributed by atoms with Gasteiger partial charge in [0, 0.05) is 10.4 Å². The summed E-state index contributed by atoms with van der Waals surface area (Å²) in [6.45, 7) is 2.01. The van der Waals surface area contributed by atoms with Crippen molar-refractivity contribution in [2.24, 2.45) is 5.73 Å². The molecule has 0 aliphatic carbocycles. The van der Waals surface area contributed by atoms with Crippen molar-refractivity contribution in [2.45, 2.75) is 19.4 Å². The molecule has 2 aromatic rings. The van der Waals surface area contributed by atoms with Crippen LogP contribution in [-0.2, 0) is 6.42 Å². The number of hydrogen-bond donors (Lipinski definition) is 1. The molecule has 1 unspecified atom stereocenters. The fourth-order valence-corrected chi connectivity index (χ4v) is 2.32. The molecule has 0 aliphatic rings. The van der Waals surface area contributed by atoms with Crippen molar-refractivity contribution in [2.75, 3.05) is 0 Å². The average Bonchev–Trinajstić information content (AvgIpc) is 2.75. The predicted molar refractivity (Wildman–Crippen MR) is 66.7 cm³/mol. The fourth-order valence-electron chi connectivity index (χ4n) is 1.49. The SMILES string of the molecule is Cc1ccc(CC(N)c2csnn2)c(Cl)c1. The zero-order valence-corrected chi connectivity index (χ0v) is 10.4. The predicted octanol–water partition coefficient (Wildman–Crippen LogP) is 2.74. The summed E-state index contributed by atoms with van der Waals surface area (Å²) in [4.78, 5) is 0. The fraction of sp³-hybridized carbons (Fsp3) is 0.273. The highest BCUT2D eigenvalue weighted by atomic mass is 35.5. The van der Waals surface area contributed by atoms with Gasteiger partial charge >= 0.3 is 0 Å². The molecule has 2 rings (SSSR count). The Balaban J connectivity index is 2.15. The Morgan fingerprint density at radius 3 is 2.94 bits per heavy atom. The van der Waals surface area contributed by atoms with Gasteiger partial charge in [0.1, 0.15) is 0 Å². The first-order chi connectivity index (χ1) is 7.66. The molecule has 3 nitrogen and oxygen atoms in total. The van der Waals surface area contributed by atoms with E-state index in [0.29, 0.717) is 6.42 Å². The van der Waals surface area contributed by atoms with Gasteiger partial charge in [-0.25, -0.2) is 0 Å². The van der Waals surface area contributed by atoms with Gasteiger partial charge in [0.2, 0.25) is 0 Å². The summed E-state index contributed by atoms with van der Waals surface area (Å²) in [5.74, 6) is 0. The molecule has 2 N–H and O–H groups in total. The van der Waals surface area contributed by atoms with Crippen LogP contribution in [0, 0.1) is 6.92 Å². The van der Waals surface area contributed by atoms with Crippen molar-refractivity contribution in [3.63, 3.8) is 0 Å². The largest absolute Gasteiger partial charge is 0.322 e. The standard InChI is InChI=1S/C11H12ClN3S/c1-7-2-3-8(9(12)4-7)5-10(13)11-6-16-15-14-11/h2-4,6,10H,5,13H2,1H3. The van der Waals surface area contributed by atoms with Crippen LogP contribution in [0.1, 0.15) is 22.9 Å². The number of halogens is 1. The highest BCUT2D eigenvalue weighted by Crippen LogP contribution is 2.22. The van der Waals surface area contributed by atoms with Gasteiger partial charge in [0.05, 0.1) is 11.7 Å². The summed E-state index contributed by atoms with van der Waals surface area (Å²) in [6.07, 6.45) is 0.685. The molecular weight excluding hydrogens is 242 g/mol. The molecular formula is C11H12ClN3S. The number of nitrogens with two attached hydrogens (primary N) is 1. The molecule has 0 saturated carbocycles. The minimum atomic E-state index is -0.140. The second kappa shape index (κ2) is 4.91. The van der Waals surface area contributed by atoms with Gasteiger partial charge in [0.25, 0.3) is 0 Å². The highest BCUT2D eigenvalue weighted by Gasteiger charge is 2.11. The van der Waals surface area contributed by atoms with Crippen LogP contribution in [-0.4, -0.2) is 9.59 Å². The first-order valence-electron chi connectivity index (χ1n) is 4.94. The lowest BCUT2D eigenvalue weighted by Gasteiger charge is -2.10. The molecule has 1 aromatic carbocycles. The molecule has 1 aromatic heterocycles. The Bertz CT molecular complexity index is 470. The van der Waals surface area contributed by atoms with Crippen LogP contribution in [0.3, 0.4) is 0 Å². The Morgan fingerprint density at radius 1 is 1.50 bits per heavy atom. The normalized spacial score (nSPS) is 12.7. The number of aromatic nitrogens is 2. The van der Waals surface area contributed by atoms with Crippen LogP contribution in [0.4, 0.5) is 0 Å². The maximum absolute atomic E-state index is 6.15. The number of rotatable bonds is 3. The summed E-state index contributed by atoms with van der Waals surface area (Å²) in [5, 5.41) is 6.59. The highest BCUT2D eigenvalue weighted by molar-refractivity contribution is 7.03. The van der Waals surface area contributed by atoms with E-state index in [1.165, 1.54) is 11.5 Å². The minimum Gasteiger partial charge on any atom is -0.322 e. The van der Waals surface area contributed by atoms with Crippen LogP contribution in [0.15, 0.2) is 23.6 Å². The van der Waals surface area contributed by atoms with E-state index in [9.17, 15) is 0 Å². The Morgan fingerprint density at radius 2 is 2.31 bits per heavy atom. The van der Waals surface area contributed by atoms with Crippen molar-refractivity contribution in [3.8, 4) is 0 Å². The monoisotopic (exact) mass is 253 g/mol. The zero-order chi connectivity index (χ0) is 11.5. The molecule has 1 atom stereocenters. The summed E-state index contributed by atoms with van der Waals surface area (Å²) in [5.41, 5.74) is 9.04. The summed E-state index contributed by atoms with van der Waals surface area (Å²) in [6, 6.07) is 5.85. The molecule has 0 spiro atoms. The second-order valence-corrected chi connectivity index (χ2v) is 4.75. The van der Waals surface area contributed by atoms with E-state index < -0.39 is 0 Å². The molecule has 16 heavy (non-hydrogen) atoms.